The molecule has 5 heteroatoms. The minimum absolute atomic E-state index is 0.356. The van der Waals surface area contributed by atoms with Crippen LogP contribution in [0.3, 0.4) is 0 Å². The Morgan fingerprint density at radius 3 is 2.61 bits per heavy atom. The summed E-state index contributed by atoms with van der Waals surface area (Å²) in [5.41, 5.74) is 1.64. The lowest BCUT2D eigenvalue weighted by molar-refractivity contribution is 0.0700. The second-order valence-electron chi connectivity index (χ2n) is 3.86. The van der Waals surface area contributed by atoms with Crippen LogP contribution in [0.25, 0.3) is 10.6 Å². The van der Waals surface area contributed by atoms with Crippen LogP contribution in [0.4, 0.5) is 0 Å². The van der Waals surface area contributed by atoms with Gasteiger partial charge in [-0.1, -0.05) is 41.4 Å². The quantitative estimate of drug-likeness (QED) is 0.915. The second-order valence-corrected chi connectivity index (χ2v) is 5.77. The van der Waals surface area contributed by atoms with Crippen molar-refractivity contribution in [1.82, 2.24) is 4.98 Å². The Hall–Kier alpha value is -1.20. The van der Waals surface area contributed by atoms with Crippen LogP contribution in [0.15, 0.2) is 28.7 Å². The van der Waals surface area contributed by atoms with Gasteiger partial charge in [-0.2, -0.15) is 0 Å². The lowest BCUT2D eigenvalue weighted by Crippen LogP contribution is -1.98. The number of carbonyl (C=O) groups is 1. The molecular weight excluding hydrogens is 314 g/mol. The van der Waals surface area contributed by atoms with E-state index in [1.54, 1.807) is 0 Å². The van der Waals surface area contributed by atoms with Crippen molar-refractivity contribution >= 4 is 33.2 Å². The lowest BCUT2D eigenvalue weighted by Gasteiger charge is -1.95. The van der Waals surface area contributed by atoms with E-state index in [9.17, 15) is 4.79 Å². The number of aryl methyl sites for hydroxylation is 1. The highest BCUT2D eigenvalue weighted by Gasteiger charge is 2.17. The molecule has 0 saturated heterocycles. The second kappa shape index (κ2) is 5.63. The predicted octanol–water partition coefficient (Wildman–Crippen LogP) is 4.22. The SMILES string of the molecule is CCCc1nc(-c2ccc(Br)cc2)sc1C(=O)O. The van der Waals surface area contributed by atoms with Gasteiger partial charge in [0.05, 0.1) is 5.69 Å². The van der Waals surface area contributed by atoms with Crippen molar-refractivity contribution in [2.75, 3.05) is 0 Å². The molecule has 0 atom stereocenters. The summed E-state index contributed by atoms with van der Waals surface area (Å²) in [4.78, 5) is 16.0. The van der Waals surface area contributed by atoms with E-state index in [2.05, 4.69) is 20.9 Å². The van der Waals surface area contributed by atoms with Crippen LogP contribution >= 0.6 is 27.3 Å². The van der Waals surface area contributed by atoms with Crippen LogP contribution in [-0.2, 0) is 6.42 Å². The summed E-state index contributed by atoms with van der Waals surface area (Å²) < 4.78 is 0.995. The maximum absolute atomic E-state index is 11.2. The molecule has 0 amide bonds. The fraction of sp³-hybridized carbons (Fsp3) is 0.231. The van der Waals surface area contributed by atoms with Crippen molar-refractivity contribution in [2.24, 2.45) is 0 Å². The molecular formula is C13H12BrNO2S. The molecule has 0 fully saturated rings. The summed E-state index contributed by atoms with van der Waals surface area (Å²) in [6.45, 7) is 2.02. The zero-order valence-corrected chi connectivity index (χ0v) is 12.2. The number of benzene rings is 1. The van der Waals surface area contributed by atoms with Gasteiger partial charge < -0.3 is 5.11 Å². The van der Waals surface area contributed by atoms with Gasteiger partial charge in [0.2, 0.25) is 0 Å². The summed E-state index contributed by atoms with van der Waals surface area (Å²) in [5.74, 6) is -0.890. The first-order valence-corrected chi connectivity index (χ1v) is 7.21. The largest absolute Gasteiger partial charge is 0.477 e. The van der Waals surface area contributed by atoms with Crippen LogP contribution in [0, 0.1) is 0 Å². The van der Waals surface area contributed by atoms with Crippen LogP contribution in [-0.4, -0.2) is 16.1 Å². The van der Waals surface area contributed by atoms with Crippen LogP contribution < -0.4 is 0 Å². The third-order valence-corrected chi connectivity index (χ3v) is 4.13. The number of hydrogen-bond donors (Lipinski definition) is 1. The van der Waals surface area contributed by atoms with E-state index in [0.717, 1.165) is 21.5 Å². The lowest BCUT2D eigenvalue weighted by atomic mass is 10.2. The van der Waals surface area contributed by atoms with E-state index in [-0.39, 0.29) is 0 Å². The molecule has 2 rings (SSSR count). The van der Waals surface area contributed by atoms with E-state index in [1.807, 2.05) is 31.2 Å². The molecule has 3 nitrogen and oxygen atoms in total. The number of hydrogen-bond acceptors (Lipinski definition) is 3. The Morgan fingerprint density at radius 1 is 1.39 bits per heavy atom. The zero-order chi connectivity index (χ0) is 13.1. The van der Waals surface area contributed by atoms with Gasteiger partial charge in [-0.15, -0.1) is 11.3 Å². The van der Waals surface area contributed by atoms with Crippen molar-refractivity contribution in [1.29, 1.82) is 0 Å². The smallest absolute Gasteiger partial charge is 0.347 e. The molecule has 1 aromatic heterocycles. The highest BCUT2D eigenvalue weighted by atomic mass is 79.9. The highest BCUT2D eigenvalue weighted by molar-refractivity contribution is 9.10. The summed E-state index contributed by atoms with van der Waals surface area (Å²) in [5, 5.41) is 9.93. The number of aromatic nitrogens is 1. The molecule has 1 aromatic carbocycles. The van der Waals surface area contributed by atoms with E-state index in [0.29, 0.717) is 17.0 Å². The first-order chi connectivity index (χ1) is 8.61. The van der Waals surface area contributed by atoms with Crippen molar-refractivity contribution in [3.05, 3.63) is 39.3 Å². The van der Waals surface area contributed by atoms with Crippen LogP contribution in [0.5, 0.6) is 0 Å². The molecule has 0 aliphatic carbocycles. The molecule has 0 unspecified atom stereocenters. The number of thiazole rings is 1. The van der Waals surface area contributed by atoms with Gasteiger partial charge in [0.1, 0.15) is 9.88 Å². The number of carboxylic acids is 1. The molecule has 0 bridgehead atoms. The molecule has 0 spiro atoms. The van der Waals surface area contributed by atoms with Crippen molar-refractivity contribution in [3.8, 4) is 10.6 Å². The minimum Gasteiger partial charge on any atom is -0.477 e. The molecule has 1 heterocycles. The normalized spacial score (nSPS) is 10.6. The molecule has 0 saturated carbocycles. The van der Waals surface area contributed by atoms with Crippen molar-refractivity contribution in [2.45, 2.75) is 19.8 Å². The Labute approximate surface area is 118 Å². The Bertz CT molecular complexity index is 563. The standard InChI is InChI=1S/C13H12BrNO2S/c1-2-3-10-11(13(16)17)18-12(15-10)8-4-6-9(14)7-5-8/h4-7H,2-3H2,1H3,(H,16,17). The number of rotatable bonds is 4. The van der Waals surface area contributed by atoms with Crippen molar-refractivity contribution in [3.63, 3.8) is 0 Å². The minimum atomic E-state index is -0.890. The maximum Gasteiger partial charge on any atom is 0.347 e. The average molecular weight is 326 g/mol. The fourth-order valence-electron chi connectivity index (χ4n) is 1.64. The third kappa shape index (κ3) is 2.79. The highest BCUT2D eigenvalue weighted by Crippen LogP contribution is 2.29. The number of nitrogens with zero attached hydrogens (tertiary/aromatic N) is 1. The number of halogens is 1. The summed E-state index contributed by atoms with van der Waals surface area (Å²) in [6.07, 6.45) is 1.60. The zero-order valence-electron chi connectivity index (χ0n) is 9.81. The molecule has 0 aliphatic heterocycles. The number of aromatic carboxylic acids is 1. The van der Waals surface area contributed by atoms with E-state index >= 15 is 0 Å². The average Bonchev–Trinajstić information content (AvgIpc) is 2.75. The molecule has 0 aliphatic rings. The van der Waals surface area contributed by atoms with Gasteiger partial charge in [0.25, 0.3) is 0 Å². The Kier molecular flexibility index (Phi) is 4.14. The van der Waals surface area contributed by atoms with Crippen molar-refractivity contribution < 1.29 is 9.90 Å². The third-order valence-electron chi connectivity index (χ3n) is 2.47. The maximum atomic E-state index is 11.2. The number of carboxylic acid groups (broad SMARTS) is 1. The topological polar surface area (TPSA) is 50.2 Å². The molecule has 1 N–H and O–H groups in total. The monoisotopic (exact) mass is 325 g/mol. The van der Waals surface area contributed by atoms with Crippen LogP contribution in [0.1, 0.15) is 28.7 Å². The van der Waals surface area contributed by atoms with Gasteiger partial charge >= 0.3 is 5.97 Å². The molecule has 94 valence electrons. The van der Waals surface area contributed by atoms with Gasteiger partial charge in [0, 0.05) is 10.0 Å². The summed E-state index contributed by atoms with van der Waals surface area (Å²) >= 11 is 4.62. The molecule has 2 aromatic rings. The van der Waals surface area contributed by atoms with Gasteiger partial charge in [-0.25, -0.2) is 9.78 Å². The predicted molar refractivity (Wildman–Crippen MR) is 76.2 cm³/mol. The first-order valence-electron chi connectivity index (χ1n) is 5.60. The van der Waals surface area contributed by atoms with E-state index in [1.165, 1.54) is 11.3 Å². The Balaban J connectivity index is 2.42. The fourth-order valence-corrected chi connectivity index (χ4v) is 2.86. The van der Waals surface area contributed by atoms with Crippen LogP contribution in [0.2, 0.25) is 0 Å². The van der Waals surface area contributed by atoms with Gasteiger partial charge in [-0.3, -0.25) is 0 Å². The summed E-state index contributed by atoms with van der Waals surface area (Å²) in [6, 6.07) is 7.72. The molecule has 18 heavy (non-hydrogen) atoms. The molecule has 0 radical (unpaired) electrons. The van der Waals surface area contributed by atoms with E-state index in [4.69, 9.17) is 5.11 Å². The van der Waals surface area contributed by atoms with E-state index < -0.39 is 5.97 Å². The Morgan fingerprint density at radius 2 is 2.06 bits per heavy atom. The van der Waals surface area contributed by atoms with Gasteiger partial charge in [0.15, 0.2) is 0 Å². The van der Waals surface area contributed by atoms with Gasteiger partial charge in [-0.05, 0) is 18.6 Å². The first kappa shape index (κ1) is 13.2. The summed E-state index contributed by atoms with van der Waals surface area (Å²) in [7, 11) is 0.